The molecule has 258 valence electrons. The van der Waals surface area contributed by atoms with Crippen LogP contribution in [0.25, 0.3) is 22.2 Å². The molecule has 0 aliphatic carbocycles. The molecule has 7 rings (SSSR count). The molecule has 0 spiro atoms. The third-order valence-corrected chi connectivity index (χ3v) is 11.9. The highest BCUT2D eigenvalue weighted by Gasteiger charge is 2.63. The molecule has 12 nitrogen and oxygen atoms in total. The number of benzene rings is 1. The lowest BCUT2D eigenvalue weighted by molar-refractivity contribution is -0.169. The fourth-order valence-electron chi connectivity index (χ4n) is 6.90. The number of phenols is 1. The number of nitrogens with two attached hydrogens (primary N) is 2. The first kappa shape index (κ1) is 33.5. The molecule has 4 atom stereocenters. The maximum atomic E-state index is 14.1. The number of phenolic OH excluding ortho intramolecular Hbond substituents is 1. The molecule has 2 bridgehead atoms. The largest absolute Gasteiger partial charge is 0.507 e. The van der Waals surface area contributed by atoms with Crippen molar-refractivity contribution >= 4 is 50.2 Å². The normalized spacial score (nSPS) is 25.4. The molecule has 1 saturated heterocycles. The Morgan fingerprint density at radius 1 is 1.10 bits per heavy atom. The van der Waals surface area contributed by atoms with Gasteiger partial charge in [0.15, 0.2) is 11.0 Å². The molecule has 6 heterocycles. The van der Waals surface area contributed by atoms with E-state index in [-0.39, 0.29) is 41.6 Å². The number of nitrogen functional groups attached to an aromatic ring is 2. The van der Waals surface area contributed by atoms with Crippen molar-refractivity contribution in [2.45, 2.75) is 81.5 Å². The predicted octanol–water partition coefficient (Wildman–Crippen LogP) is 4.86. The zero-order chi connectivity index (χ0) is 34.5. The van der Waals surface area contributed by atoms with E-state index in [9.17, 15) is 19.8 Å². The molecule has 3 aromatic heterocycles. The van der Waals surface area contributed by atoms with Gasteiger partial charge < -0.3 is 40.3 Å². The Labute approximate surface area is 290 Å². The number of hydrogen-bond donors (Lipinski definition) is 4. The average Bonchev–Trinajstić information content (AvgIpc) is 3.77. The second-order valence-corrected chi connectivity index (χ2v) is 15.6. The summed E-state index contributed by atoms with van der Waals surface area (Å²) < 4.78 is 24.8. The third kappa shape index (κ3) is 6.31. The summed E-state index contributed by atoms with van der Waals surface area (Å²) in [4.78, 5) is 35.9. The van der Waals surface area contributed by atoms with Crippen molar-refractivity contribution in [3.63, 3.8) is 0 Å². The molecule has 0 radical (unpaired) electrons. The van der Waals surface area contributed by atoms with Gasteiger partial charge in [-0.05, 0) is 63.3 Å². The van der Waals surface area contributed by atoms with Crippen LogP contribution < -0.4 is 21.6 Å². The number of rotatable bonds is 3. The highest BCUT2D eigenvalue weighted by Crippen LogP contribution is 2.48. The van der Waals surface area contributed by atoms with Gasteiger partial charge in [-0.15, -0.1) is 0 Å². The van der Waals surface area contributed by atoms with E-state index >= 15 is 0 Å². The Balaban J connectivity index is 1.26. The Bertz CT molecular complexity index is 2010. The van der Waals surface area contributed by atoms with Crippen molar-refractivity contribution in [3.8, 4) is 22.8 Å². The summed E-state index contributed by atoms with van der Waals surface area (Å²) >= 11 is 0. The number of anilines is 2. The molecule has 0 saturated carbocycles. The Morgan fingerprint density at radius 2 is 1.94 bits per heavy atom. The van der Waals surface area contributed by atoms with Crippen LogP contribution in [0.15, 0.2) is 45.7 Å². The van der Waals surface area contributed by atoms with Crippen molar-refractivity contribution in [2.75, 3.05) is 23.8 Å². The first-order valence-electron chi connectivity index (χ1n) is 16.2. The van der Waals surface area contributed by atoms with Crippen molar-refractivity contribution in [2.24, 2.45) is 0 Å². The molecule has 6 N–H and O–H groups in total. The minimum absolute atomic E-state index is 0.0500. The quantitative estimate of drug-likeness (QED) is 0.128. The zero-order valence-electron chi connectivity index (χ0n) is 27.2. The minimum atomic E-state index is -1.24. The highest BCUT2D eigenvalue weighted by atomic mass is 33.1. The summed E-state index contributed by atoms with van der Waals surface area (Å²) in [6.45, 7) is 3.44. The number of nitrogens with zero attached hydrogens (tertiary/aromatic N) is 2. The monoisotopic (exact) mass is 706 g/mol. The lowest BCUT2D eigenvalue weighted by Crippen LogP contribution is -2.53. The number of aryl methyl sites for hydroxylation is 2. The number of aliphatic hydroxyl groups excluding tert-OH is 1. The maximum absolute atomic E-state index is 14.1. The van der Waals surface area contributed by atoms with Crippen LogP contribution in [0.3, 0.4) is 0 Å². The van der Waals surface area contributed by atoms with Crippen LogP contribution in [0, 0.1) is 6.92 Å². The van der Waals surface area contributed by atoms with Crippen LogP contribution in [0.5, 0.6) is 11.5 Å². The van der Waals surface area contributed by atoms with Crippen molar-refractivity contribution in [3.05, 3.63) is 69.2 Å². The summed E-state index contributed by atoms with van der Waals surface area (Å²) in [6, 6.07) is 8.63. The first-order chi connectivity index (χ1) is 23.5. The summed E-state index contributed by atoms with van der Waals surface area (Å²) in [5.74, 6) is 1.95. The van der Waals surface area contributed by atoms with E-state index in [1.807, 2.05) is 25.1 Å². The Kier molecular flexibility index (Phi) is 8.92. The number of ether oxygens (including phenoxy) is 3. The number of aromatic nitrogens is 2. The van der Waals surface area contributed by atoms with Crippen LogP contribution in [0.4, 0.5) is 11.6 Å². The number of aliphatic hydroxyl groups is 1. The van der Waals surface area contributed by atoms with Crippen molar-refractivity contribution in [1.29, 1.82) is 0 Å². The summed E-state index contributed by atoms with van der Waals surface area (Å²) in [5.41, 5.74) is 13.9. The molecule has 14 heteroatoms. The molecule has 3 aliphatic heterocycles. The van der Waals surface area contributed by atoms with Gasteiger partial charge in [-0.1, -0.05) is 21.6 Å². The molecular formula is C35H38N4O8S2. The summed E-state index contributed by atoms with van der Waals surface area (Å²) in [5, 5.41) is 21.1. The molecule has 4 aromatic rings. The van der Waals surface area contributed by atoms with Crippen LogP contribution in [-0.4, -0.2) is 61.9 Å². The van der Waals surface area contributed by atoms with Crippen LogP contribution in [0.1, 0.15) is 55.1 Å². The number of fused-ring (bicyclic) bond motifs is 8. The lowest BCUT2D eigenvalue weighted by atomic mass is 9.86. The zero-order valence-corrected chi connectivity index (χ0v) is 28.8. The Morgan fingerprint density at radius 3 is 2.76 bits per heavy atom. The van der Waals surface area contributed by atoms with Gasteiger partial charge in [0.25, 0.3) is 0 Å². The maximum Gasteiger partial charge on any atom is 0.341 e. The average molecular weight is 707 g/mol. The van der Waals surface area contributed by atoms with Gasteiger partial charge in [0.05, 0.1) is 11.8 Å². The van der Waals surface area contributed by atoms with Crippen molar-refractivity contribution in [1.82, 2.24) is 9.97 Å². The van der Waals surface area contributed by atoms with E-state index in [1.54, 1.807) is 40.8 Å². The van der Waals surface area contributed by atoms with Gasteiger partial charge in [0.1, 0.15) is 51.6 Å². The summed E-state index contributed by atoms with van der Waals surface area (Å²) in [6.07, 6.45) is 2.66. The van der Waals surface area contributed by atoms with Crippen molar-refractivity contribution < 1.29 is 33.6 Å². The topological polar surface area (TPSA) is 197 Å². The van der Waals surface area contributed by atoms with E-state index in [1.165, 1.54) is 6.07 Å². The Hall–Kier alpha value is -3.98. The minimum Gasteiger partial charge on any atom is -0.507 e. The SMILES string of the molecule is Cc1cc(=O)c2c(O)c3c(cc2o1)O[C@@]1(C)CCSSCc2c(ccnc2N)-c2cc(cc(N)n2)CC[C@H]2O[C@]2(CCCO)C(=O)O[C@@H]1C3. The molecule has 0 unspecified atom stereocenters. The third-order valence-electron chi connectivity index (χ3n) is 9.64. The number of hydrogen-bond acceptors (Lipinski definition) is 14. The van der Waals surface area contributed by atoms with Gasteiger partial charge in [0.2, 0.25) is 0 Å². The molecule has 49 heavy (non-hydrogen) atoms. The second-order valence-electron chi connectivity index (χ2n) is 13.0. The molecular weight excluding hydrogens is 669 g/mol. The lowest BCUT2D eigenvalue weighted by Gasteiger charge is -2.42. The van der Waals surface area contributed by atoms with Gasteiger partial charge >= 0.3 is 5.97 Å². The predicted molar refractivity (Wildman–Crippen MR) is 188 cm³/mol. The van der Waals surface area contributed by atoms with E-state index in [2.05, 4.69) is 9.97 Å². The number of carbonyl (C=O) groups excluding carboxylic acids is 1. The fraction of sp³-hybridized carbons (Fsp3) is 0.429. The van der Waals surface area contributed by atoms with Gasteiger partial charge in [0, 0.05) is 66.0 Å². The molecule has 3 aliphatic rings. The van der Waals surface area contributed by atoms with E-state index in [0.29, 0.717) is 71.6 Å². The van der Waals surface area contributed by atoms with Crippen LogP contribution >= 0.6 is 21.6 Å². The number of pyridine rings is 2. The van der Waals surface area contributed by atoms with Crippen LogP contribution in [-0.2, 0) is 32.9 Å². The number of aromatic hydroxyl groups is 1. The smallest absolute Gasteiger partial charge is 0.341 e. The molecule has 0 amide bonds. The highest BCUT2D eigenvalue weighted by molar-refractivity contribution is 8.76. The second kappa shape index (κ2) is 13.0. The molecule has 1 fully saturated rings. The van der Waals surface area contributed by atoms with Crippen LogP contribution in [0.2, 0.25) is 0 Å². The van der Waals surface area contributed by atoms with Gasteiger partial charge in [-0.25, -0.2) is 14.8 Å². The van der Waals surface area contributed by atoms with E-state index < -0.39 is 29.4 Å². The number of esters is 1. The number of epoxide rings is 1. The number of carbonyl (C=O) groups is 1. The first-order valence-corrected chi connectivity index (χ1v) is 18.7. The van der Waals surface area contributed by atoms with E-state index in [4.69, 9.17) is 30.1 Å². The standard InChI is InChI=1S/C35H38N4O8S2/c1-18-12-24(41)30-26(44-18)16-25-21(31(30)42)15-28-34(2,46-25)8-11-48-49-17-22-20(6-9-38-32(22)37)23-13-19(14-29(36)39-23)4-5-27-35(47-27,7-3-10-40)33(43)45-28/h6,9,12-14,16,27-28,40,42H,3-5,7-8,10-11,15,17H2,1-2H3,(H2,36,39)(H2,37,38)/t27-,28-,34+,35+/m1/s1. The molecule has 1 aromatic carbocycles. The fourth-order valence-corrected chi connectivity index (χ4v) is 9.22. The van der Waals surface area contributed by atoms with Gasteiger partial charge in [-0.3, -0.25) is 4.79 Å². The van der Waals surface area contributed by atoms with E-state index in [0.717, 1.165) is 16.7 Å². The summed E-state index contributed by atoms with van der Waals surface area (Å²) in [7, 11) is 3.23. The van der Waals surface area contributed by atoms with Gasteiger partial charge in [-0.2, -0.15) is 0 Å².